The Morgan fingerprint density at radius 1 is 1.37 bits per heavy atom. The molecule has 0 aliphatic heterocycles. The largest absolute Gasteiger partial charge is 0.504 e. The van der Waals surface area contributed by atoms with Crippen molar-refractivity contribution in [3.8, 4) is 11.5 Å². The number of aromatic hydroxyl groups is 2. The Labute approximate surface area is 111 Å². The van der Waals surface area contributed by atoms with Gasteiger partial charge in [-0.1, -0.05) is 6.07 Å². The van der Waals surface area contributed by atoms with Crippen molar-refractivity contribution in [2.75, 3.05) is 6.61 Å². The lowest BCUT2D eigenvalue weighted by Crippen LogP contribution is -2.45. The molecule has 1 aromatic carbocycles. The molecule has 0 aliphatic carbocycles. The van der Waals surface area contributed by atoms with Crippen LogP contribution in [0.5, 0.6) is 11.5 Å². The van der Waals surface area contributed by atoms with Crippen molar-refractivity contribution in [2.24, 2.45) is 5.73 Å². The van der Waals surface area contributed by atoms with Gasteiger partial charge < -0.3 is 26.4 Å². The first-order chi connectivity index (χ1) is 8.93. The van der Waals surface area contributed by atoms with Gasteiger partial charge in [0.25, 0.3) is 0 Å². The first-order valence-corrected chi connectivity index (χ1v) is 6.11. The second-order valence-corrected chi connectivity index (χ2v) is 4.56. The molecule has 19 heavy (non-hydrogen) atoms. The second-order valence-electron chi connectivity index (χ2n) is 4.56. The molecule has 0 spiro atoms. The Kier molecular flexibility index (Phi) is 5.59. The van der Waals surface area contributed by atoms with Crippen LogP contribution in [-0.2, 0) is 11.2 Å². The van der Waals surface area contributed by atoms with Gasteiger partial charge in [0, 0.05) is 12.6 Å². The Balaban J connectivity index is 2.56. The molecule has 2 atom stereocenters. The monoisotopic (exact) mass is 268 g/mol. The van der Waals surface area contributed by atoms with Gasteiger partial charge in [0.15, 0.2) is 11.5 Å². The van der Waals surface area contributed by atoms with Crippen LogP contribution in [0.1, 0.15) is 18.9 Å². The van der Waals surface area contributed by atoms with Crippen molar-refractivity contribution in [3.05, 3.63) is 23.8 Å². The van der Waals surface area contributed by atoms with Gasteiger partial charge in [-0.3, -0.25) is 4.79 Å². The molecule has 1 amide bonds. The molecular weight excluding hydrogens is 248 g/mol. The molecule has 1 rings (SSSR count). The Morgan fingerprint density at radius 2 is 2.05 bits per heavy atom. The van der Waals surface area contributed by atoms with Gasteiger partial charge in [0.2, 0.25) is 5.91 Å². The van der Waals surface area contributed by atoms with E-state index in [-0.39, 0.29) is 36.5 Å². The number of benzene rings is 1. The molecule has 106 valence electrons. The van der Waals surface area contributed by atoms with Gasteiger partial charge in [-0.2, -0.15) is 0 Å². The smallest absolute Gasteiger partial charge is 0.237 e. The SMILES string of the molecule is CC(CCO)NC(=O)[C@@H](N)Cc1ccc(O)c(O)c1. The number of nitrogens with two attached hydrogens (primary N) is 1. The van der Waals surface area contributed by atoms with Crippen LogP contribution in [0, 0.1) is 0 Å². The minimum absolute atomic E-state index is 0.00250. The summed E-state index contributed by atoms with van der Waals surface area (Å²) in [5.74, 6) is -0.759. The predicted octanol–water partition coefficient (Wildman–Crippen LogP) is -0.145. The topological polar surface area (TPSA) is 116 Å². The van der Waals surface area contributed by atoms with E-state index in [0.717, 1.165) is 0 Å². The summed E-state index contributed by atoms with van der Waals surface area (Å²) in [6, 6.07) is 3.43. The molecule has 0 radical (unpaired) electrons. The first-order valence-electron chi connectivity index (χ1n) is 6.11. The van der Waals surface area contributed by atoms with Crippen LogP contribution >= 0.6 is 0 Å². The molecule has 6 heteroatoms. The van der Waals surface area contributed by atoms with Crippen molar-refractivity contribution in [3.63, 3.8) is 0 Å². The van der Waals surface area contributed by atoms with E-state index in [1.165, 1.54) is 12.1 Å². The zero-order chi connectivity index (χ0) is 14.4. The number of phenols is 2. The summed E-state index contributed by atoms with van der Waals surface area (Å²) in [7, 11) is 0. The fourth-order valence-corrected chi connectivity index (χ4v) is 1.66. The van der Waals surface area contributed by atoms with Crippen molar-refractivity contribution in [1.82, 2.24) is 5.32 Å². The van der Waals surface area contributed by atoms with Gasteiger partial charge in [0.1, 0.15) is 0 Å². The summed E-state index contributed by atoms with van der Waals surface area (Å²) >= 11 is 0. The molecule has 0 fully saturated rings. The number of carbonyl (C=O) groups excluding carboxylic acids is 1. The summed E-state index contributed by atoms with van der Waals surface area (Å²) < 4.78 is 0. The Morgan fingerprint density at radius 3 is 2.63 bits per heavy atom. The summed E-state index contributed by atoms with van der Waals surface area (Å²) in [6.45, 7) is 1.79. The number of amides is 1. The van der Waals surface area contributed by atoms with E-state index in [9.17, 15) is 15.0 Å². The standard InChI is InChI=1S/C13H20N2O4/c1-8(4-5-16)15-13(19)10(14)6-9-2-3-11(17)12(18)7-9/h2-3,7-8,10,16-18H,4-6,14H2,1H3,(H,15,19)/t8?,10-/m0/s1. The zero-order valence-corrected chi connectivity index (χ0v) is 10.8. The van der Waals surface area contributed by atoms with Crippen molar-refractivity contribution in [1.29, 1.82) is 0 Å². The highest BCUT2D eigenvalue weighted by Gasteiger charge is 2.16. The number of aliphatic hydroxyl groups excluding tert-OH is 1. The van der Waals surface area contributed by atoms with E-state index in [0.29, 0.717) is 12.0 Å². The average Bonchev–Trinajstić information content (AvgIpc) is 2.34. The minimum Gasteiger partial charge on any atom is -0.504 e. The Hall–Kier alpha value is -1.79. The summed E-state index contributed by atoms with van der Waals surface area (Å²) in [5.41, 5.74) is 6.42. The summed E-state index contributed by atoms with van der Waals surface area (Å²) in [5, 5.41) is 30.0. The first kappa shape index (κ1) is 15.3. The molecule has 6 N–H and O–H groups in total. The van der Waals surface area contributed by atoms with E-state index >= 15 is 0 Å². The third-order valence-electron chi connectivity index (χ3n) is 2.78. The maximum absolute atomic E-state index is 11.8. The highest BCUT2D eigenvalue weighted by molar-refractivity contribution is 5.82. The predicted molar refractivity (Wildman–Crippen MR) is 70.8 cm³/mol. The minimum atomic E-state index is -0.745. The van der Waals surface area contributed by atoms with Gasteiger partial charge in [-0.15, -0.1) is 0 Å². The van der Waals surface area contributed by atoms with Crippen LogP contribution < -0.4 is 11.1 Å². The lowest BCUT2D eigenvalue weighted by molar-refractivity contribution is -0.123. The van der Waals surface area contributed by atoms with Crippen LogP contribution in [0.4, 0.5) is 0 Å². The van der Waals surface area contributed by atoms with Crippen molar-refractivity contribution >= 4 is 5.91 Å². The van der Waals surface area contributed by atoms with Crippen LogP contribution in [0.2, 0.25) is 0 Å². The molecule has 0 saturated heterocycles. The zero-order valence-electron chi connectivity index (χ0n) is 10.8. The molecule has 0 heterocycles. The van der Waals surface area contributed by atoms with E-state index in [4.69, 9.17) is 10.8 Å². The lowest BCUT2D eigenvalue weighted by Gasteiger charge is -2.17. The number of carbonyl (C=O) groups is 1. The maximum atomic E-state index is 11.8. The maximum Gasteiger partial charge on any atom is 0.237 e. The quantitative estimate of drug-likeness (QED) is 0.460. The highest BCUT2D eigenvalue weighted by atomic mass is 16.3. The molecule has 1 unspecified atom stereocenters. The summed E-state index contributed by atoms with van der Waals surface area (Å²) in [4.78, 5) is 11.8. The number of hydrogen-bond donors (Lipinski definition) is 5. The molecule has 1 aromatic rings. The van der Waals surface area contributed by atoms with Gasteiger partial charge >= 0.3 is 0 Å². The van der Waals surface area contributed by atoms with E-state index in [2.05, 4.69) is 5.32 Å². The normalized spacial score (nSPS) is 13.8. The number of nitrogens with one attached hydrogen (secondary N) is 1. The third-order valence-corrected chi connectivity index (χ3v) is 2.78. The fraction of sp³-hybridized carbons (Fsp3) is 0.462. The van der Waals surface area contributed by atoms with Crippen molar-refractivity contribution < 1.29 is 20.1 Å². The number of phenolic OH excluding ortho intramolecular Hbond substituents is 2. The van der Waals surface area contributed by atoms with E-state index < -0.39 is 6.04 Å². The van der Waals surface area contributed by atoms with Gasteiger partial charge in [-0.05, 0) is 37.5 Å². The lowest BCUT2D eigenvalue weighted by atomic mass is 10.0. The number of hydrogen-bond acceptors (Lipinski definition) is 5. The Bertz CT molecular complexity index is 437. The number of rotatable bonds is 6. The van der Waals surface area contributed by atoms with Crippen LogP contribution in [-0.4, -0.2) is 39.9 Å². The highest BCUT2D eigenvalue weighted by Crippen LogP contribution is 2.25. The molecule has 0 aromatic heterocycles. The van der Waals surface area contributed by atoms with Gasteiger partial charge in [-0.25, -0.2) is 0 Å². The molecule has 0 aliphatic rings. The molecule has 0 saturated carbocycles. The van der Waals surface area contributed by atoms with Gasteiger partial charge in [0.05, 0.1) is 6.04 Å². The van der Waals surface area contributed by atoms with E-state index in [1.54, 1.807) is 13.0 Å². The van der Waals surface area contributed by atoms with Crippen molar-refractivity contribution in [2.45, 2.75) is 31.8 Å². The van der Waals surface area contributed by atoms with Crippen LogP contribution in [0.25, 0.3) is 0 Å². The average molecular weight is 268 g/mol. The molecular formula is C13H20N2O4. The van der Waals surface area contributed by atoms with Crippen LogP contribution in [0.15, 0.2) is 18.2 Å². The summed E-state index contributed by atoms with van der Waals surface area (Å²) in [6.07, 6.45) is 0.726. The third kappa shape index (κ3) is 4.76. The molecule has 6 nitrogen and oxygen atoms in total. The number of aliphatic hydroxyl groups is 1. The second kappa shape index (κ2) is 6.96. The van der Waals surface area contributed by atoms with Crippen LogP contribution in [0.3, 0.4) is 0 Å². The van der Waals surface area contributed by atoms with E-state index in [1.807, 2.05) is 0 Å². The molecule has 0 bridgehead atoms. The fourth-order valence-electron chi connectivity index (χ4n) is 1.66.